The number of piperazine rings is 1. The summed E-state index contributed by atoms with van der Waals surface area (Å²) in [6.07, 6.45) is 8.93. The predicted octanol–water partition coefficient (Wildman–Crippen LogP) is 7.76. The normalized spacial score (nSPS) is 23.8. The van der Waals surface area contributed by atoms with E-state index in [2.05, 4.69) is 32.7 Å². The molecule has 0 radical (unpaired) electrons. The molecular formula is C62H55F4N9O9. The summed E-state index contributed by atoms with van der Waals surface area (Å²) >= 11 is 0. The van der Waals surface area contributed by atoms with E-state index in [0.717, 1.165) is 6.42 Å². The third kappa shape index (κ3) is 8.05. The van der Waals surface area contributed by atoms with Gasteiger partial charge in [-0.05, 0) is 105 Å². The molecule has 1 aliphatic carbocycles. The summed E-state index contributed by atoms with van der Waals surface area (Å²) in [5.74, 6) is -1.01. The van der Waals surface area contributed by atoms with E-state index in [1.807, 2.05) is 4.90 Å². The first-order valence-electron chi connectivity index (χ1n) is 28.2. The van der Waals surface area contributed by atoms with Crippen LogP contribution in [0.1, 0.15) is 96.9 Å². The van der Waals surface area contributed by atoms with Crippen LogP contribution in [0, 0.1) is 36.7 Å². The van der Waals surface area contributed by atoms with Crippen molar-refractivity contribution in [1.82, 2.24) is 39.6 Å². The minimum Gasteiger partial charge on any atom is -0.508 e. The van der Waals surface area contributed by atoms with Gasteiger partial charge in [-0.1, -0.05) is 25.5 Å². The number of alkyl halides is 1. The van der Waals surface area contributed by atoms with Gasteiger partial charge in [-0.3, -0.25) is 19.5 Å². The topological polar surface area (TPSA) is 215 Å². The zero-order valence-electron chi connectivity index (χ0n) is 45.8. The number of hydrogen-bond donors (Lipinski definition) is 3. The van der Waals surface area contributed by atoms with E-state index in [0.29, 0.717) is 88.6 Å². The third-order valence-corrected chi connectivity index (χ3v) is 18.7. The van der Waals surface area contributed by atoms with Gasteiger partial charge in [-0.2, -0.15) is 9.97 Å². The number of halogens is 4. The number of aromatic hydroxyl groups is 1. The Labute approximate surface area is 477 Å². The standard InChI is InChI=1S/C62H55F4N9O9/c1-5-36-43(64)12-8-31-16-35(76)17-38(48(31)36)53-51(66)54-39(21-67-53)55(71-59(70-54)84-28-61-14-7-15-73(61)22-32(63)20-61)72-23-33-9-10-34(24-72)75(33)56(77)29(3)26-83-60(80)69-45-13-11-37-30(4)44(65)19-46-49(37)50(45)40-25-74-47(52(40)68-46)18-42-41(57(74)78)27-82-58(79)62(42,81)6-2/h1,8,12,16-19,21,32-34,45,76,81H,3,6-7,9-11,13-15,20,22-28H2,2,4H3,(H,69,80). The van der Waals surface area contributed by atoms with E-state index in [-0.39, 0.29) is 120 Å². The second kappa shape index (κ2) is 19.5. The number of pyridine rings is 3. The molecule has 4 fully saturated rings. The number of esters is 1. The van der Waals surface area contributed by atoms with Gasteiger partial charge in [-0.25, -0.2) is 32.1 Å². The number of nitrogens with one attached hydrogen (secondary N) is 1. The molecule has 10 heterocycles. The van der Waals surface area contributed by atoms with Gasteiger partial charge in [0.2, 0.25) is 0 Å². The molecule has 84 heavy (non-hydrogen) atoms. The quantitative estimate of drug-likeness (QED) is 0.0517. The Morgan fingerprint density at radius 1 is 0.988 bits per heavy atom. The highest BCUT2D eigenvalue weighted by Crippen LogP contribution is 2.48. The van der Waals surface area contributed by atoms with Crippen LogP contribution in [0.15, 0.2) is 59.5 Å². The first-order valence-corrected chi connectivity index (χ1v) is 28.2. The van der Waals surface area contributed by atoms with Gasteiger partial charge in [-0.15, -0.1) is 6.42 Å². The Hall–Kier alpha value is -8.68. The fourth-order valence-electron chi connectivity index (χ4n) is 14.6. The lowest BCUT2D eigenvalue weighted by atomic mass is 9.81. The summed E-state index contributed by atoms with van der Waals surface area (Å²) in [5.41, 5.74) is -0.0813. The van der Waals surface area contributed by atoms with Crippen molar-refractivity contribution in [3.05, 3.63) is 121 Å². The second-order valence-electron chi connectivity index (χ2n) is 23.3. The van der Waals surface area contributed by atoms with Crippen molar-refractivity contribution in [3.8, 4) is 46.7 Å². The number of carbonyl (C=O) groups is 3. The van der Waals surface area contributed by atoms with Crippen LogP contribution >= 0.6 is 0 Å². The van der Waals surface area contributed by atoms with Gasteiger partial charge in [0, 0.05) is 71.4 Å². The molecule has 22 heteroatoms. The first-order chi connectivity index (χ1) is 40.4. The molecule has 3 aromatic carbocycles. The molecule has 7 aliphatic rings. The largest absolute Gasteiger partial charge is 0.508 e. The van der Waals surface area contributed by atoms with E-state index in [1.165, 1.54) is 41.1 Å². The number of aliphatic hydroxyl groups is 1. The van der Waals surface area contributed by atoms with Crippen LogP contribution in [-0.4, -0.2) is 126 Å². The molecule has 18 nitrogen and oxygen atoms in total. The van der Waals surface area contributed by atoms with Crippen LogP contribution in [0.4, 0.5) is 28.2 Å². The summed E-state index contributed by atoms with van der Waals surface area (Å²) in [5, 5.41) is 26.6. The lowest BCUT2D eigenvalue weighted by Gasteiger charge is -2.42. The highest BCUT2D eigenvalue weighted by atomic mass is 19.1. The average Bonchev–Trinajstić information content (AvgIpc) is 1.52. The zero-order chi connectivity index (χ0) is 58.4. The molecule has 2 amide bonds. The molecule has 6 aliphatic heterocycles. The number of carbonyl (C=O) groups excluding carboxylic acids is 3. The molecule has 4 saturated heterocycles. The zero-order valence-corrected chi connectivity index (χ0v) is 45.8. The molecule has 2 bridgehead atoms. The number of aromatic nitrogens is 5. The summed E-state index contributed by atoms with van der Waals surface area (Å²) in [6, 6.07) is 6.47. The fourth-order valence-corrected chi connectivity index (χ4v) is 14.6. The molecule has 0 spiro atoms. The van der Waals surface area contributed by atoms with E-state index in [9.17, 15) is 33.8 Å². The van der Waals surface area contributed by atoms with Crippen molar-refractivity contribution in [3.63, 3.8) is 0 Å². The highest BCUT2D eigenvalue weighted by Gasteiger charge is 2.51. The van der Waals surface area contributed by atoms with Gasteiger partial charge in [0.15, 0.2) is 11.4 Å². The number of benzene rings is 3. The van der Waals surface area contributed by atoms with Crippen LogP contribution in [-0.2, 0) is 44.2 Å². The van der Waals surface area contributed by atoms with Gasteiger partial charge < -0.3 is 44.1 Å². The summed E-state index contributed by atoms with van der Waals surface area (Å²) in [7, 11) is 0. The van der Waals surface area contributed by atoms with Crippen molar-refractivity contribution >= 4 is 56.4 Å². The molecule has 6 unspecified atom stereocenters. The number of aryl methyl sites for hydroxylation is 1. The Morgan fingerprint density at radius 2 is 1.79 bits per heavy atom. The molecule has 6 atom stereocenters. The number of anilines is 1. The summed E-state index contributed by atoms with van der Waals surface area (Å²) < 4.78 is 82.0. The van der Waals surface area contributed by atoms with Crippen molar-refractivity contribution in [1.29, 1.82) is 0 Å². The lowest BCUT2D eigenvalue weighted by molar-refractivity contribution is -0.172. The molecule has 4 aromatic heterocycles. The van der Waals surface area contributed by atoms with E-state index >= 15 is 13.2 Å². The van der Waals surface area contributed by atoms with Crippen molar-refractivity contribution in [2.45, 2.75) is 114 Å². The van der Waals surface area contributed by atoms with E-state index in [4.69, 9.17) is 30.6 Å². The Kier molecular flexibility index (Phi) is 12.3. The maximum absolute atomic E-state index is 17.5. The molecule has 14 rings (SSSR count). The SMILES string of the molecule is C#Cc1c(F)ccc2cc(O)cc(-c3ncc4c(N5CC6CCC(C5)N6C(=O)C(=C)COC(=O)NC5CCc6c(C)c(F)cc7nc8c(c5c67)Cn5c-8cc6c(c5=O)COC(=O)C6(O)CC)nc(OCC56CCCN5CC(F)C6)nc4c3F)c12. The third-order valence-electron chi connectivity index (χ3n) is 18.7. The number of phenols is 1. The Balaban J connectivity index is 0.722. The number of cyclic esters (lactones) is 1. The van der Waals surface area contributed by atoms with Crippen LogP contribution in [0.25, 0.3) is 55.2 Å². The number of amides is 2. The second-order valence-corrected chi connectivity index (χ2v) is 23.3. The fraction of sp³-hybridized carbons (Fsp3) is 0.387. The molecular weight excluding hydrogens is 1090 g/mol. The van der Waals surface area contributed by atoms with E-state index < -0.39 is 83.0 Å². The Morgan fingerprint density at radius 3 is 2.56 bits per heavy atom. The van der Waals surface area contributed by atoms with Crippen LogP contribution < -0.4 is 20.5 Å². The molecule has 0 saturated carbocycles. The lowest BCUT2D eigenvalue weighted by Crippen LogP contribution is -2.56. The number of alkyl carbamates (subject to hydrolysis) is 1. The van der Waals surface area contributed by atoms with Gasteiger partial charge in [0.1, 0.15) is 60.4 Å². The number of terminal acetylenes is 1. The highest BCUT2D eigenvalue weighted by molar-refractivity contribution is 6.03. The Bertz CT molecular complexity index is 4210. The molecule has 3 N–H and O–H groups in total. The smallest absolute Gasteiger partial charge is 0.407 e. The van der Waals surface area contributed by atoms with Crippen LogP contribution in [0.2, 0.25) is 0 Å². The van der Waals surface area contributed by atoms with Crippen LogP contribution in [0.5, 0.6) is 11.8 Å². The molecule has 430 valence electrons. The summed E-state index contributed by atoms with van der Waals surface area (Å²) in [6.45, 7) is 8.09. The minimum atomic E-state index is -2.07. The number of hydrogen-bond acceptors (Lipinski definition) is 15. The summed E-state index contributed by atoms with van der Waals surface area (Å²) in [4.78, 5) is 80.0. The van der Waals surface area contributed by atoms with Crippen LogP contribution in [0.3, 0.4) is 0 Å². The van der Waals surface area contributed by atoms with Crippen molar-refractivity contribution in [2.75, 3.05) is 44.3 Å². The number of fused-ring (bicyclic) bond motifs is 10. The number of nitrogens with zero attached hydrogens (tertiary/aromatic N) is 8. The predicted molar refractivity (Wildman–Crippen MR) is 298 cm³/mol. The van der Waals surface area contributed by atoms with Gasteiger partial charge in [0.05, 0.1) is 63.6 Å². The van der Waals surface area contributed by atoms with E-state index in [1.54, 1.807) is 24.8 Å². The van der Waals surface area contributed by atoms with Crippen molar-refractivity contribution in [2.24, 2.45) is 0 Å². The number of phenolic OH excluding ortho intramolecular Hbond substituents is 1. The maximum atomic E-state index is 17.5. The van der Waals surface area contributed by atoms with Gasteiger partial charge >= 0.3 is 18.1 Å². The average molecular weight is 1150 g/mol. The molecule has 7 aromatic rings. The number of ether oxygens (including phenoxy) is 3. The minimum absolute atomic E-state index is 0.00755. The maximum Gasteiger partial charge on any atom is 0.407 e. The monoisotopic (exact) mass is 1150 g/mol. The first kappa shape index (κ1) is 53.3. The van der Waals surface area contributed by atoms with Crippen molar-refractivity contribution < 1.29 is 56.4 Å². The number of rotatable bonds is 10. The van der Waals surface area contributed by atoms with Gasteiger partial charge in [0.25, 0.3) is 11.5 Å².